The van der Waals surface area contributed by atoms with Crippen LogP contribution in [0.25, 0.3) is 0 Å². The van der Waals surface area contributed by atoms with Crippen molar-refractivity contribution in [3.63, 3.8) is 0 Å². The average Bonchev–Trinajstić information content (AvgIpc) is 2.20. The van der Waals surface area contributed by atoms with Gasteiger partial charge < -0.3 is 10.2 Å². The van der Waals surface area contributed by atoms with Crippen molar-refractivity contribution in [2.24, 2.45) is 28.6 Å². The van der Waals surface area contributed by atoms with Gasteiger partial charge in [-0.2, -0.15) is 0 Å². The van der Waals surface area contributed by atoms with Crippen molar-refractivity contribution in [1.82, 2.24) is 0 Å². The Labute approximate surface area is 99.4 Å². The van der Waals surface area contributed by atoms with Crippen LogP contribution in [0, 0.1) is 28.6 Å². The quantitative estimate of drug-likeness (QED) is 0.726. The van der Waals surface area contributed by atoms with Crippen molar-refractivity contribution in [1.29, 1.82) is 0 Å². The molecule has 0 aromatic carbocycles. The Morgan fingerprint density at radius 1 is 1.00 bits per heavy atom. The van der Waals surface area contributed by atoms with E-state index in [1.54, 1.807) is 0 Å². The van der Waals surface area contributed by atoms with Crippen molar-refractivity contribution in [2.75, 3.05) is 13.2 Å². The van der Waals surface area contributed by atoms with E-state index in [2.05, 4.69) is 46.8 Å². The van der Waals surface area contributed by atoms with Gasteiger partial charge >= 0.3 is 0 Å². The maximum absolute atomic E-state index is 9.66. The Kier molecular flexibility index (Phi) is 3.86. The third kappa shape index (κ3) is 2.05. The second-order valence-corrected chi connectivity index (χ2v) is 6.25. The van der Waals surface area contributed by atoms with E-state index in [0.29, 0.717) is 5.92 Å². The van der Waals surface area contributed by atoms with Crippen molar-refractivity contribution in [2.45, 2.75) is 34.6 Å². The molecule has 0 aromatic rings. The highest BCUT2D eigenvalue weighted by molar-refractivity contribution is 5.15. The highest BCUT2D eigenvalue weighted by Gasteiger charge is 2.47. The van der Waals surface area contributed by atoms with Gasteiger partial charge in [-0.25, -0.2) is 0 Å². The fourth-order valence-electron chi connectivity index (χ4n) is 2.90. The first-order valence-electron chi connectivity index (χ1n) is 6.21. The lowest BCUT2D eigenvalue weighted by atomic mass is 9.55. The van der Waals surface area contributed by atoms with Crippen LogP contribution in [0.15, 0.2) is 12.2 Å². The minimum atomic E-state index is -0.0312. The third-order valence-electron chi connectivity index (χ3n) is 4.75. The van der Waals surface area contributed by atoms with Gasteiger partial charge in [-0.05, 0) is 28.6 Å². The number of hydrogen-bond acceptors (Lipinski definition) is 2. The molecule has 0 spiro atoms. The summed E-state index contributed by atoms with van der Waals surface area (Å²) in [6.07, 6.45) is 4.45. The summed E-state index contributed by atoms with van der Waals surface area (Å²) >= 11 is 0. The molecule has 0 fully saturated rings. The molecular weight excluding hydrogens is 200 g/mol. The average molecular weight is 226 g/mol. The van der Waals surface area contributed by atoms with Gasteiger partial charge in [0.25, 0.3) is 0 Å². The molecule has 2 nitrogen and oxygen atoms in total. The zero-order valence-electron chi connectivity index (χ0n) is 11.2. The zero-order valence-corrected chi connectivity index (χ0v) is 11.2. The minimum Gasteiger partial charge on any atom is -0.396 e. The van der Waals surface area contributed by atoms with Crippen LogP contribution in [0.5, 0.6) is 0 Å². The molecule has 0 amide bonds. The summed E-state index contributed by atoms with van der Waals surface area (Å²) in [5.41, 5.74) is -0.0474. The Hall–Kier alpha value is -0.340. The maximum atomic E-state index is 9.66. The third-order valence-corrected chi connectivity index (χ3v) is 4.75. The van der Waals surface area contributed by atoms with E-state index in [0.717, 1.165) is 0 Å². The van der Waals surface area contributed by atoms with E-state index in [1.807, 2.05) is 0 Å². The van der Waals surface area contributed by atoms with Gasteiger partial charge in [0.2, 0.25) is 0 Å². The lowest BCUT2D eigenvalue weighted by Crippen LogP contribution is -2.47. The summed E-state index contributed by atoms with van der Waals surface area (Å²) < 4.78 is 0. The highest BCUT2D eigenvalue weighted by atomic mass is 16.3. The van der Waals surface area contributed by atoms with Crippen LogP contribution in [0.2, 0.25) is 0 Å². The molecule has 94 valence electrons. The first kappa shape index (κ1) is 13.7. The summed E-state index contributed by atoms with van der Waals surface area (Å²) in [4.78, 5) is 0. The van der Waals surface area contributed by atoms with Crippen LogP contribution in [0.3, 0.4) is 0 Å². The normalized spacial score (nSPS) is 38.0. The Balaban J connectivity index is 3.17. The molecule has 1 aliphatic rings. The number of hydrogen-bond donors (Lipinski definition) is 2. The summed E-state index contributed by atoms with van der Waals surface area (Å²) in [5, 5.41) is 19.3. The van der Waals surface area contributed by atoms with E-state index in [4.69, 9.17) is 0 Å². The van der Waals surface area contributed by atoms with Gasteiger partial charge in [0, 0.05) is 13.2 Å². The number of aliphatic hydroxyl groups is 2. The summed E-state index contributed by atoms with van der Waals surface area (Å²) in [5.74, 6) is 0.735. The Bertz CT molecular complexity index is 268. The smallest absolute Gasteiger partial charge is 0.0471 e. The summed E-state index contributed by atoms with van der Waals surface area (Å²) in [7, 11) is 0. The van der Waals surface area contributed by atoms with Crippen LogP contribution >= 0.6 is 0 Å². The van der Waals surface area contributed by atoms with E-state index in [9.17, 15) is 10.2 Å². The molecular formula is C14H26O2. The van der Waals surface area contributed by atoms with Crippen LogP contribution in [0.1, 0.15) is 34.6 Å². The fraction of sp³-hybridized carbons (Fsp3) is 0.857. The molecule has 0 saturated carbocycles. The number of rotatable bonds is 3. The van der Waals surface area contributed by atoms with Gasteiger partial charge in [0.15, 0.2) is 0 Å². The lowest BCUT2D eigenvalue weighted by molar-refractivity contribution is -0.0237. The van der Waals surface area contributed by atoms with Gasteiger partial charge in [0.1, 0.15) is 0 Å². The second kappa shape index (κ2) is 4.50. The first-order valence-corrected chi connectivity index (χ1v) is 6.21. The Morgan fingerprint density at radius 2 is 1.50 bits per heavy atom. The molecule has 2 N–H and O–H groups in total. The molecule has 1 rings (SSSR count). The number of allylic oxidation sites excluding steroid dienone is 2. The topological polar surface area (TPSA) is 40.5 Å². The minimum absolute atomic E-state index is 0.0162. The first-order chi connectivity index (χ1) is 7.29. The predicted molar refractivity (Wildman–Crippen MR) is 67.0 cm³/mol. The molecule has 0 saturated heterocycles. The number of aliphatic hydroxyl groups excluding tert-OH is 2. The highest BCUT2D eigenvalue weighted by Crippen LogP contribution is 2.51. The van der Waals surface area contributed by atoms with Crippen LogP contribution in [-0.4, -0.2) is 23.4 Å². The van der Waals surface area contributed by atoms with Crippen molar-refractivity contribution >= 4 is 0 Å². The van der Waals surface area contributed by atoms with Gasteiger partial charge in [-0.3, -0.25) is 0 Å². The predicted octanol–water partition coefficient (Wildman–Crippen LogP) is 2.46. The summed E-state index contributed by atoms with van der Waals surface area (Å²) in [6.45, 7) is 11.1. The standard InChI is InChI=1S/C14H26O2/c1-10(2)14(5)7-6-13(3,4)11(8-15)12(14)9-16/h6-7,10-12,15-16H,8-9H2,1-5H3. The fourth-order valence-corrected chi connectivity index (χ4v) is 2.90. The second-order valence-electron chi connectivity index (χ2n) is 6.25. The largest absolute Gasteiger partial charge is 0.396 e. The molecule has 0 radical (unpaired) electrons. The SMILES string of the molecule is CC(C)C1(C)C=CC(C)(C)C(CO)C1CO. The van der Waals surface area contributed by atoms with Crippen molar-refractivity contribution in [3.05, 3.63) is 12.2 Å². The van der Waals surface area contributed by atoms with E-state index in [-0.39, 0.29) is 35.9 Å². The van der Waals surface area contributed by atoms with Crippen LogP contribution in [-0.2, 0) is 0 Å². The molecule has 0 aromatic heterocycles. The van der Waals surface area contributed by atoms with Gasteiger partial charge in [0.05, 0.1) is 0 Å². The van der Waals surface area contributed by atoms with E-state index < -0.39 is 0 Å². The van der Waals surface area contributed by atoms with E-state index >= 15 is 0 Å². The molecule has 0 bridgehead atoms. The lowest BCUT2D eigenvalue weighted by Gasteiger charge is -2.50. The molecule has 0 aliphatic heterocycles. The molecule has 0 heterocycles. The van der Waals surface area contributed by atoms with Crippen LogP contribution < -0.4 is 0 Å². The molecule has 1 aliphatic carbocycles. The van der Waals surface area contributed by atoms with E-state index in [1.165, 1.54) is 0 Å². The zero-order chi connectivity index (χ0) is 12.6. The van der Waals surface area contributed by atoms with Crippen molar-refractivity contribution < 1.29 is 10.2 Å². The molecule has 2 heteroatoms. The summed E-state index contributed by atoms with van der Waals surface area (Å²) in [6, 6.07) is 0. The molecule has 16 heavy (non-hydrogen) atoms. The Morgan fingerprint density at radius 3 is 1.88 bits per heavy atom. The molecule has 3 unspecified atom stereocenters. The molecule has 3 atom stereocenters. The monoisotopic (exact) mass is 226 g/mol. The van der Waals surface area contributed by atoms with Gasteiger partial charge in [-0.15, -0.1) is 0 Å². The van der Waals surface area contributed by atoms with Gasteiger partial charge in [-0.1, -0.05) is 46.8 Å². The van der Waals surface area contributed by atoms with Crippen molar-refractivity contribution in [3.8, 4) is 0 Å². The maximum Gasteiger partial charge on any atom is 0.0471 e. The van der Waals surface area contributed by atoms with Crippen LogP contribution in [0.4, 0.5) is 0 Å².